The van der Waals surface area contributed by atoms with Crippen molar-refractivity contribution in [3.8, 4) is 11.1 Å². The van der Waals surface area contributed by atoms with Crippen LogP contribution in [0.2, 0.25) is 0 Å². The Morgan fingerprint density at radius 2 is 1.41 bits per heavy atom. The molecule has 2 aromatic carbocycles. The summed E-state index contributed by atoms with van der Waals surface area (Å²) >= 11 is 0. The molecule has 0 aliphatic rings. The lowest BCUT2D eigenvalue weighted by molar-refractivity contribution is 0.0555. The molecule has 0 amide bonds. The molecule has 0 atom stereocenters. The first-order valence-electron chi connectivity index (χ1n) is 6.87. The highest BCUT2D eigenvalue weighted by atomic mass is 16.5. The van der Waals surface area contributed by atoms with E-state index in [-0.39, 0.29) is 11.1 Å². The fraction of sp³-hybridized carbons (Fsp3) is 0.222. The van der Waals surface area contributed by atoms with Gasteiger partial charge in [-0.3, -0.25) is 0 Å². The predicted molar refractivity (Wildman–Crippen MR) is 84.0 cm³/mol. The van der Waals surface area contributed by atoms with Gasteiger partial charge < -0.3 is 9.47 Å². The van der Waals surface area contributed by atoms with Gasteiger partial charge in [0, 0.05) is 0 Å². The summed E-state index contributed by atoms with van der Waals surface area (Å²) in [7, 11) is 2.60. The Labute approximate surface area is 129 Å². The molecule has 0 saturated carbocycles. The molecular formula is C18H18O4. The van der Waals surface area contributed by atoms with Gasteiger partial charge in [-0.15, -0.1) is 0 Å². The van der Waals surface area contributed by atoms with E-state index in [4.69, 9.17) is 9.47 Å². The first kappa shape index (κ1) is 15.8. The minimum Gasteiger partial charge on any atom is -0.465 e. The Balaban J connectivity index is 2.86. The SMILES string of the molecule is COC(=O)c1c(-c2ccccc2)cc(C)c(C)c1C(=O)OC. The van der Waals surface area contributed by atoms with Crippen molar-refractivity contribution in [1.29, 1.82) is 0 Å². The summed E-state index contributed by atoms with van der Waals surface area (Å²) in [5.74, 6) is -1.10. The van der Waals surface area contributed by atoms with E-state index in [0.717, 1.165) is 11.1 Å². The Bertz CT molecular complexity index is 718. The van der Waals surface area contributed by atoms with Crippen LogP contribution in [0.15, 0.2) is 36.4 Å². The number of hydrogen-bond acceptors (Lipinski definition) is 4. The Morgan fingerprint density at radius 3 is 1.95 bits per heavy atom. The molecule has 0 aromatic heterocycles. The van der Waals surface area contributed by atoms with Gasteiger partial charge in [-0.1, -0.05) is 36.4 Å². The molecule has 0 aliphatic heterocycles. The van der Waals surface area contributed by atoms with Crippen LogP contribution in [0.25, 0.3) is 11.1 Å². The van der Waals surface area contributed by atoms with E-state index in [0.29, 0.717) is 11.1 Å². The number of carbonyl (C=O) groups excluding carboxylic acids is 2. The summed E-state index contributed by atoms with van der Waals surface area (Å²) < 4.78 is 9.73. The predicted octanol–water partition coefficient (Wildman–Crippen LogP) is 3.54. The number of hydrogen-bond donors (Lipinski definition) is 0. The van der Waals surface area contributed by atoms with E-state index in [1.54, 1.807) is 6.92 Å². The minimum absolute atomic E-state index is 0.239. The number of aryl methyl sites for hydroxylation is 1. The van der Waals surface area contributed by atoms with Crippen LogP contribution in [0.4, 0.5) is 0 Å². The highest BCUT2D eigenvalue weighted by Gasteiger charge is 2.26. The number of benzene rings is 2. The molecule has 0 heterocycles. The lowest BCUT2D eigenvalue weighted by Gasteiger charge is -2.17. The lowest BCUT2D eigenvalue weighted by Crippen LogP contribution is -2.16. The van der Waals surface area contributed by atoms with Crippen LogP contribution in [0.5, 0.6) is 0 Å². The van der Waals surface area contributed by atoms with Crippen LogP contribution in [0.3, 0.4) is 0 Å². The Kier molecular flexibility index (Phi) is 4.61. The standard InChI is InChI=1S/C18H18O4/c1-11-10-14(13-8-6-5-7-9-13)16(18(20)22-4)15(12(11)2)17(19)21-3/h5-10H,1-4H3. The topological polar surface area (TPSA) is 52.6 Å². The van der Waals surface area contributed by atoms with E-state index in [9.17, 15) is 9.59 Å². The Hall–Kier alpha value is -2.62. The number of ether oxygens (including phenoxy) is 2. The smallest absolute Gasteiger partial charge is 0.339 e. The van der Waals surface area contributed by atoms with Crippen molar-refractivity contribution in [2.24, 2.45) is 0 Å². The van der Waals surface area contributed by atoms with Gasteiger partial charge >= 0.3 is 11.9 Å². The van der Waals surface area contributed by atoms with Crippen molar-refractivity contribution in [2.75, 3.05) is 14.2 Å². The Morgan fingerprint density at radius 1 is 0.864 bits per heavy atom. The average molecular weight is 298 g/mol. The third kappa shape index (κ3) is 2.72. The van der Waals surface area contributed by atoms with Crippen LogP contribution in [0.1, 0.15) is 31.8 Å². The molecule has 2 rings (SSSR count). The van der Waals surface area contributed by atoms with Gasteiger partial charge in [0.15, 0.2) is 0 Å². The van der Waals surface area contributed by atoms with Gasteiger partial charge in [0.25, 0.3) is 0 Å². The van der Waals surface area contributed by atoms with Crippen LogP contribution >= 0.6 is 0 Å². The molecule has 0 bridgehead atoms. The van der Waals surface area contributed by atoms with E-state index < -0.39 is 11.9 Å². The molecular weight excluding hydrogens is 280 g/mol. The minimum atomic E-state index is -0.553. The number of rotatable bonds is 3. The molecule has 0 aliphatic carbocycles. The van der Waals surface area contributed by atoms with E-state index >= 15 is 0 Å². The maximum absolute atomic E-state index is 12.3. The molecule has 0 saturated heterocycles. The van der Waals surface area contributed by atoms with Crippen molar-refractivity contribution in [3.63, 3.8) is 0 Å². The zero-order chi connectivity index (χ0) is 16.3. The summed E-state index contributed by atoms with van der Waals surface area (Å²) in [5, 5.41) is 0. The first-order chi connectivity index (χ1) is 10.5. The summed E-state index contributed by atoms with van der Waals surface area (Å²) in [5.41, 5.74) is 3.63. The normalized spacial score (nSPS) is 10.2. The van der Waals surface area contributed by atoms with Crippen molar-refractivity contribution in [1.82, 2.24) is 0 Å². The van der Waals surface area contributed by atoms with Gasteiger partial charge in [0.1, 0.15) is 0 Å². The van der Waals surface area contributed by atoms with Gasteiger partial charge in [-0.05, 0) is 36.1 Å². The van der Waals surface area contributed by atoms with Crippen molar-refractivity contribution < 1.29 is 19.1 Å². The summed E-state index contributed by atoms with van der Waals surface area (Å²) in [4.78, 5) is 24.5. The second-order valence-corrected chi connectivity index (χ2v) is 4.97. The van der Waals surface area contributed by atoms with E-state index in [1.807, 2.05) is 43.3 Å². The second kappa shape index (κ2) is 6.43. The maximum Gasteiger partial charge on any atom is 0.339 e. The fourth-order valence-corrected chi connectivity index (χ4v) is 2.43. The van der Waals surface area contributed by atoms with Gasteiger partial charge in [-0.2, -0.15) is 0 Å². The van der Waals surface area contributed by atoms with Crippen molar-refractivity contribution >= 4 is 11.9 Å². The molecule has 114 valence electrons. The zero-order valence-electron chi connectivity index (χ0n) is 13.1. The summed E-state index contributed by atoms with van der Waals surface area (Å²) in [6.45, 7) is 3.69. The van der Waals surface area contributed by atoms with Crippen molar-refractivity contribution in [2.45, 2.75) is 13.8 Å². The molecule has 4 heteroatoms. The molecule has 0 unspecified atom stereocenters. The van der Waals surface area contributed by atoms with E-state index in [1.165, 1.54) is 14.2 Å². The zero-order valence-corrected chi connectivity index (χ0v) is 13.1. The monoisotopic (exact) mass is 298 g/mol. The molecule has 4 nitrogen and oxygen atoms in total. The lowest BCUT2D eigenvalue weighted by atomic mass is 9.89. The number of carbonyl (C=O) groups is 2. The number of esters is 2. The molecule has 0 fully saturated rings. The molecule has 2 aromatic rings. The largest absolute Gasteiger partial charge is 0.465 e. The fourth-order valence-electron chi connectivity index (χ4n) is 2.43. The van der Waals surface area contributed by atoms with Crippen LogP contribution < -0.4 is 0 Å². The number of methoxy groups -OCH3 is 2. The van der Waals surface area contributed by atoms with E-state index in [2.05, 4.69) is 0 Å². The third-order valence-corrected chi connectivity index (χ3v) is 3.71. The summed E-state index contributed by atoms with van der Waals surface area (Å²) in [6, 6.07) is 11.3. The highest BCUT2D eigenvalue weighted by Crippen LogP contribution is 2.31. The van der Waals surface area contributed by atoms with Gasteiger partial charge in [-0.25, -0.2) is 9.59 Å². The van der Waals surface area contributed by atoms with Gasteiger partial charge in [0.05, 0.1) is 25.3 Å². The van der Waals surface area contributed by atoms with Crippen LogP contribution in [-0.2, 0) is 9.47 Å². The highest BCUT2D eigenvalue weighted by molar-refractivity contribution is 6.09. The first-order valence-corrected chi connectivity index (χ1v) is 6.87. The molecule has 0 spiro atoms. The van der Waals surface area contributed by atoms with Crippen molar-refractivity contribution in [3.05, 3.63) is 58.7 Å². The average Bonchev–Trinajstić information content (AvgIpc) is 2.56. The third-order valence-electron chi connectivity index (χ3n) is 3.71. The summed E-state index contributed by atoms with van der Waals surface area (Å²) in [6.07, 6.45) is 0. The van der Waals surface area contributed by atoms with Crippen LogP contribution in [0, 0.1) is 13.8 Å². The van der Waals surface area contributed by atoms with Gasteiger partial charge in [0.2, 0.25) is 0 Å². The molecule has 0 N–H and O–H groups in total. The molecule has 0 radical (unpaired) electrons. The maximum atomic E-state index is 12.3. The van der Waals surface area contributed by atoms with Crippen LogP contribution in [-0.4, -0.2) is 26.2 Å². The second-order valence-electron chi connectivity index (χ2n) is 4.97. The molecule has 22 heavy (non-hydrogen) atoms. The quantitative estimate of drug-likeness (QED) is 0.813.